The van der Waals surface area contributed by atoms with Gasteiger partial charge in [-0.3, -0.25) is 4.79 Å². The maximum absolute atomic E-state index is 12.0. The van der Waals surface area contributed by atoms with Crippen LogP contribution in [0, 0.1) is 0 Å². The summed E-state index contributed by atoms with van der Waals surface area (Å²) in [6.45, 7) is 0.209. The first-order valence-corrected chi connectivity index (χ1v) is 7.68. The van der Waals surface area contributed by atoms with Gasteiger partial charge >= 0.3 is 5.97 Å². The first-order chi connectivity index (χ1) is 9.66. The van der Waals surface area contributed by atoms with Crippen molar-refractivity contribution in [3.8, 4) is 0 Å². The molecule has 5 nitrogen and oxygen atoms in total. The van der Waals surface area contributed by atoms with Crippen LogP contribution >= 0.6 is 11.3 Å². The Morgan fingerprint density at radius 3 is 2.90 bits per heavy atom. The lowest BCUT2D eigenvalue weighted by Gasteiger charge is -2.03. The Bertz CT molecular complexity index is 460. The Kier molecular flexibility index (Phi) is 5.55. The average Bonchev–Trinajstić information content (AvgIpc) is 2.69. The number of carbonyl (C=O) groups excluding carboxylic acids is 1. The van der Waals surface area contributed by atoms with Crippen LogP contribution in [0.5, 0.6) is 0 Å². The minimum Gasteiger partial charge on any atom is -0.480 e. The van der Waals surface area contributed by atoms with Gasteiger partial charge in [0.25, 0.3) is 5.91 Å². The van der Waals surface area contributed by atoms with Crippen LogP contribution in [0.1, 0.15) is 39.4 Å². The highest BCUT2D eigenvalue weighted by Gasteiger charge is 2.16. The number of fused-ring (bicyclic) bond motifs is 1. The fraction of sp³-hybridized carbons (Fsp3) is 0.571. The van der Waals surface area contributed by atoms with Gasteiger partial charge in [0, 0.05) is 11.4 Å². The molecule has 6 heteroatoms. The number of nitrogens with one attached hydrogen (secondary N) is 1. The van der Waals surface area contributed by atoms with Crippen molar-refractivity contribution >= 4 is 23.2 Å². The van der Waals surface area contributed by atoms with E-state index in [0.29, 0.717) is 6.54 Å². The highest BCUT2D eigenvalue weighted by molar-refractivity contribution is 7.14. The largest absolute Gasteiger partial charge is 0.480 e. The number of carboxylic acids is 1. The molecular formula is C14H19NO4S. The molecule has 0 atom stereocenters. The molecule has 1 aromatic rings. The van der Waals surface area contributed by atoms with E-state index in [4.69, 9.17) is 9.84 Å². The molecule has 1 aliphatic rings. The van der Waals surface area contributed by atoms with Crippen molar-refractivity contribution in [2.75, 3.05) is 19.8 Å². The molecule has 1 heterocycles. The Labute approximate surface area is 121 Å². The second-order valence-electron chi connectivity index (χ2n) is 4.82. The molecule has 0 aliphatic heterocycles. The maximum Gasteiger partial charge on any atom is 0.329 e. The first kappa shape index (κ1) is 15.0. The normalized spacial score (nSPS) is 14.4. The van der Waals surface area contributed by atoms with E-state index in [1.54, 1.807) is 11.3 Å². The first-order valence-electron chi connectivity index (χ1n) is 6.86. The highest BCUT2D eigenvalue weighted by atomic mass is 32.1. The quantitative estimate of drug-likeness (QED) is 0.620. The van der Waals surface area contributed by atoms with Crippen molar-refractivity contribution in [3.05, 3.63) is 21.4 Å². The summed E-state index contributed by atoms with van der Waals surface area (Å²) in [4.78, 5) is 24.3. The standard InChI is InChI=1S/C14H19NO4S/c16-13(17)9-19-7-6-15-14(18)12-8-10-4-2-1-3-5-11(10)20-12/h8H,1-7,9H2,(H,15,18)(H,16,17). The Balaban J connectivity index is 1.79. The summed E-state index contributed by atoms with van der Waals surface area (Å²) in [5.41, 5.74) is 1.32. The summed E-state index contributed by atoms with van der Waals surface area (Å²) in [6, 6.07) is 2.00. The molecule has 2 rings (SSSR count). The third kappa shape index (κ3) is 4.31. The van der Waals surface area contributed by atoms with Crippen molar-refractivity contribution in [1.82, 2.24) is 5.32 Å². The van der Waals surface area contributed by atoms with Crippen molar-refractivity contribution in [1.29, 1.82) is 0 Å². The maximum atomic E-state index is 12.0. The van der Waals surface area contributed by atoms with E-state index in [1.165, 1.54) is 29.7 Å². The van der Waals surface area contributed by atoms with Gasteiger partial charge in [0.1, 0.15) is 6.61 Å². The number of ether oxygens (including phenoxy) is 1. The zero-order chi connectivity index (χ0) is 14.4. The minimum atomic E-state index is -1.00. The van der Waals surface area contributed by atoms with Crippen LogP contribution in [0.2, 0.25) is 0 Å². The second kappa shape index (κ2) is 7.40. The van der Waals surface area contributed by atoms with Crippen LogP contribution in [0.3, 0.4) is 0 Å². The molecule has 1 amide bonds. The Hall–Kier alpha value is -1.40. The number of rotatable bonds is 6. The zero-order valence-corrected chi connectivity index (χ0v) is 12.1. The van der Waals surface area contributed by atoms with Gasteiger partial charge in [-0.15, -0.1) is 11.3 Å². The van der Waals surface area contributed by atoms with Crippen LogP contribution in [0.25, 0.3) is 0 Å². The summed E-state index contributed by atoms with van der Waals surface area (Å²) in [5.74, 6) is -1.10. The highest BCUT2D eigenvalue weighted by Crippen LogP contribution is 2.28. The van der Waals surface area contributed by atoms with E-state index in [2.05, 4.69) is 5.32 Å². The minimum absolute atomic E-state index is 0.0954. The molecule has 0 spiro atoms. The fourth-order valence-corrected chi connectivity index (χ4v) is 3.43. The van der Waals surface area contributed by atoms with E-state index in [0.717, 1.165) is 17.7 Å². The van der Waals surface area contributed by atoms with E-state index in [-0.39, 0.29) is 19.1 Å². The molecule has 1 aliphatic carbocycles. The number of hydrogen-bond donors (Lipinski definition) is 2. The van der Waals surface area contributed by atoms with E-state index in [9.17, 15) is 9.59 Å². The summed E-state index contributed by atoms with van der Waals surface area (Å²) in [7, 11) is 0. The monoisotopic (exact) mass is 297 g/mol. The van der Waals surface area contributed by atoms with Gasteiger partial charge in [0.2, 0.25) is 0 Å². The fourth-order valence-electron chi connectivity index (χ4n) is 2.26. The zero-order valence-electron chi connectivity index (χ0n) is 11.3. The topological polar surface area (TPSA) is 75.6 Å². The van der Waals surface area contributed by atoms with Gasteiger partial charge in [-0.2, -0.15) is 0 Å². The predicted octanol–water partition coefficient (Wildman–Crippen LogP) is 1.85. The molecule has 1 aromatic heterocycles. The molecule has 2 N–H and O–H groups in total. The van der Waals surface area contributed by atoms with Gasteiger partial charge < -0.3 is 15.2 Å². The summed E-state index contributed by atoms with van der Waals surface area (Å²) in [6.07, 6.45) is 5.82. The van der Waals surface area contributed by atoms with Gasteiger partial charge in [-0.05, 0) is 37.3 Å². The van der Waals surface area contributed by atoms with Crippen LogP contribution in [0.15, 0.2) is 6.07 Å². The molecule has 0 saturated heterocycles. The lowest BCUT2D eigenvalue weighted by atomic mass is 10.1. The van der Waals surface area contributed by atoms with Crippen LogP contribution < -0.4 is 5.32 Å². The van der Waals surface area contributed by atoms with Crippen LogP contribution in [-0.2, 0) is 22.4 Å². The number of aryl methyl sites for hydroxylation is 2. The number of thiophene rings is 1. The van der Waals surface area contributed by atoms with Crippen molar-refractivity contribution in [2.24, 2.45) is 0 Å². The summed E-state index contributed by atoms with van der Waals surface area (Å²) in [5, 5.41) is 11.2. The third-order valence-corrected chi connectivity index (χ3v) is 4.46. The summed E-state index contributed by atoms with van der Waals surface area (Å²) >= 11 is 1.58. The van der Waals surface area contributed by atoms with Crippen molar-refractivity contribution < 1.29 is 19.4 Å². The molecule has 0 bridgehead atoms. The van der Waals surface area contributed by atoms with Crippen LogP contribution in [0.4, 0.5) is 0 Å². The number of hydrogen-bond acceptors (Lipinski definition) is 4. The predicted molar refractivity (Wildman–Crippen MR) is 76.4 cm³/mol. The number of carboxylic acid groups (broad SMARTS) is 1. The summed E-state index contributed by atoms with van der Waals surface area (Å²) < 4.78 is 4.87. The smallest absolute Gasteiger partial charge is 0.329 e. The SMILES string of the molecule is O=C(O)COCCNC(=O)c1cc2c(s1)CCCCC2. The van der Waals surface area contributed by atoms with Crippen LogP contribution in [-0.4, -0.2) is 36.7 Å². The number of carbonyl (C=O) groups is 2. The molecule has 110 valence electrons. The molecule has 0 aromatic carbocycles. The number of aliphatic carboxylic acids is 1. The lowest BCUT2D eigenvalue weighted by molar-refractivity contribution is -0.142. The van der Waals surface area contributed by atoms with E-state index < -0.39 is 5.97 Å². The van der Waals surface area contributed by atoms with Gasteiger partial charge in [0.15, 0.2) is 0 Å². The number of amides is 1. The van der Waals surface area contributed by atoms with Crippen molar-refractivity contribution in [2.45, 2.75) is 32.1 Å². The van der Waals surface area contributed by atoms with Gasteiger partial charge in [-0.25, -0.2) is 4.79 Å². The average molecular weight is 297 g/mol. The molecular weight excluding hydrogens is 278 g/mol. The van der Waals surface area contributed by atoms with E-state index in [1.807, 2.05) is 6.07 Å². The third-order valence-electron chi connectivity index (χ3n) is 3.23. The molecule has 0 fully saturated rings. The Morgan fingerprint density at radius 2 is 2.10 bits per heavy atom. The second-order valence-corrected chi connectivity index (χ2v) is 5.96. The molecule has 20 heavy (non-hydrogen) atoms. The molecule has 0 saturated carbocycles. The molecule has 0 unspecified atom stereocenters. The van der Waals surface area contributed by atoms with Gasteiger partial charge in [0.05, 0.1) is 11.5 Å². The van der Waals surface area contributed by atoms with E-state index >= 15 is 0 Å². The Morgan fingerprint density at radius 1 is 1.30 bits per heavy atom. The lowest BCUT2D eigenvalue weighted by Crippen LogP contribution is -2.27. The van der Waals surface area contributed by atoms with Crippen molar-refractivity contribution in [3.63, 3.8) is 0 Å². The van der Waals surface area contributed by atoms with Gasteiger partial charge in [-0.1, -0.05) is 6.42 Å². The molecule has 0 radical (unpaired) electrons.